The van der Waals surface area contributed by atoms with E-state index >= 15 is 0 Å². The van der Waals surface area contributed by atoms with Crippen LogP contribution in [0.1, 0.15) is 35.7 Å². The van der Waals surface area contributed by atoms with Crippen LogP contribution in [0.3, 0.4) is 0 Å². The zero-order valence-electron chi connectivity index (χ0n) is 19.5. The summed E-state index contributed by atoms with van der Waals surface area (Å²) < 4.78 is 31.2. The zero-order chi connectivity index (χ0) is 26.0. The number of pyridine rings is 1. The Labute approximate surface area is 210 Å². The first-order valence-corrected chi connectivity index (χ1v) is 11.6. The molecule has 1 amide bonds. The van der Waals surface area contributed by atoms with Gasteiger partial charge >= 0.3 is 12.7 Å². The topological polar surface area (TPSA) is 118 Å². The predicted molar refractivity (Wildman–Crippen MR) is 131 cm³/mol. The van der Waals surface area contributed by atoms with E-state index in [2.05, 4.69) is 25.3 Å². The maximum atomic E-state index is 13.5. The number of halogens is 3. The van der Waals surface area contributed by atoms with Crippen molar-refractivity contribution in [3.63, 3.8) is 0 Å². The molecule has 3 aromatic rings. The number of carbonyl (C=O) groups is 1. The number of benzene rings is 1. The van der Waals surface area contributed by atoms with Crippen LogP contribution >= 0.6 is 11.6 Å². The zero-order valence-corrected chi connectivity index (χ0v) is 20.2. The number of aryl methyl sites for hydroxylation is 2. The van der Waals surface area contributed by atoms with Gasteiger partial charge in [0.05, 0.1) is 11.4 Å². The smallest absolute Gasteiger partial charge is 0.409 e. The highest BCUT2D eigenvalue weighted by Gasteiger charge is 2.34. The highest BCUT2D eigenvalue weighted by atomic mass is 35.5. The van der Waals surface area contributed by atoms with Gasteiger partial charge in [-0.25, -0.2) is 14.8 Å². The molecule has 0 spiro atoms. The summed E-state index contributed by atoms with van der Waals surface area (Å²) in [5, 5.41) is 14.4. The molecule has 2 aromatic heterocycles. The molecule has 1 fully saturated rings. The maximum Gasteiger partial charge on any atom is 0.409 e. The summed E-state index contributed by atoms with van der Waals surface area (Å²) in [6.07, 6.45) is 2.71. The molecule has 0 aliphatic heterocycles. The lowest BCUT2D eigenvalue weighted by atomic mass is 10.0. The van der Waals surface area contributed by atoms with Gasteiger partial charge in [0.1, 0.15) is 5.15 Å². The Morgan fingerprint density at radius 2 is 2.03 bits per heavy atom. The highest BCUT2D eigenvalue weighted by Crippen LogP contribution is 2.41. The van der Waals surface area contributed by atoms with E-state index in [1.165, 1.54) is 6.20 Å². The Morgan fingerprint density at radius 1 is 1.28 bits per heavy atom. The van der Waals surface area contributed by atoms with Crippen molar-refractivity contribution >= 4 is 34.9 Å². The molecule has 1 unspecified atom stereocenters. The Bertz CT molecular complexity index is 1350. The number of nitrogens with zero attached hydrogens (tertiary/aromatic N) is 3. The summed E-state index contributed by atoms with van der Waals surface area (Å²) >= 11 is 6.29. The molecule has 2 heterocycles. The number of aromatic nitrogens is 3. The van der Waals surface area contributed by atoms with E-state index in [9.17, 15) is 18.4 Å². The molecule has 0 bridgehead atoms. The van der Waals surface area contributed by atoms with Crippen LogP contribution < -0.4 is 20.9 Å². The molecular formula is C24H24ClF2N5O4. The van der Waals surface area contributed by atoms with E-state index in [4.69, 9.17) is 16.7 Å². The number of hydrogen-bond acceptors (Lipinski definition) is 6. The van der Waals surface area contributed by atoms with Gasteiger partial charge in [-0.1, -0.05) is 23.7 Å². The van der Waals surface area contributed by atoms with Crippen LogP contribution in [-0.2, 0) is 6.42 Å². The number of anilines is 3. The first kappa shape index (κ1) is 25.4. The molecule has 1 aliphatic rings. The average Bonchev–Trinajstić information content (AvgIpc) is 3.62. The van der Waals surface area contributed by atoms with Crippen LogP contribution in [0.15, 0.2) is 41.3 Å². The quantitative estimate of drug-likeness (QED) is 0.340. The van der Waals surface area contributed by atoms with Gasteiger partial charge in [-0.3, -0.25) is 10.1 Å². The number of hydrogen-bond donors (Lipinski definition) is 3. The lowest BCUT2D eigenvalue weighted by Crippen LogP contribution is -2.29. The van der Waals surface area contributed by atoms with Crippen molar-refractivity contribution in [1.82, 2.24) is 14.5 Å². The van der Waals surface area contributed by atoms with Crippen molar-refractivity contribution in [3.05, 3.63) is 68.9 Å². The summed E-state index contributed by atoms with van der Waals surface area (Å²) in [5.41, 5.74) is 2.00. The first-order chi connectivity index (χ1) is 17.1. The van der Waals surface area contributed by atoms with Crippen molar-refractivity contribution in [2.45, 2.75) is 45.8 Å². The molecule has 1 saturated carbocycles. The number of carboxylic acid groups (broad SMARTS) is 1. The summed E-state index contributed by atoms with van der Waals surface area (Å²) in [6.45, 7) is 0.153. The van der Waals surface area contributed by atoms with E-state index in [1.807, 2.05) is 6.07 Å². The van der Waals surface area contributed by atoms with E-state index < -0.39 is 18.3 Å². The Kier molecular flexibility index (Phi) is 7.39. The molecule has 12 heteroatoms. The molecule has 1 aromatic carbocycles. The summed E-state index contributed by atoms with van der Waals surface area (Å²) in [5.74, 6) is 0.0285. The normalized spacial score (nSPS) is 13.9. The molecule has 190 valence electrons. The second kappa shape index (κ2) is 10.5. The van der Waals surface area contributed by atoms with E-state index in [-0.39, 0.29) is 28.8 Å². The SMILES string of the molecule is Cc1cc(Nc2nc(Cl)cn(C(Cc3cccc(NC(=O)O)c3)C3CC3)c2=O)c(C)nc1OC(F)F. The molecule has 1 atom stereocenters. The molecule has 36 heavy (non-hydrogen) atoms. The van der Waals surface area contributed by atoms with Crippen molar-refractivity contribution < 1.29 is 23.4 Å². The van der Waals surface area contributed by atoms with E-state index in [0.29, 0.717) is 29.1 Å². The largest absolute Gasteiger partial charge is 0.465 e. The van der Waals surface area contributed by atoms with E-state index in [0.717, 1.165) is 18.4 Å². The van der Waals surface area contributed by atoms with Crippen LogP contribution in [0.5, 0.6) is 5.88 Å². The predicted octanol–water partition coefficient (Wildman–Crippen LogP) is 5.54. The van der Waals surface area contributed by atoms with Gasteiger partial charge in [0, 0.05) is 23.5 Å². The fraction of sp³-hybridized carbons (Fsp3) is 0.333. The van der Waals surface area contributed by atoms with Crippen LogP contribution in [-0.4, -0.2) is 32.3 Å². The summed E-state index contributed by atoms with van der Waals surface area (Å²) in [6, 6.07) is 8.33. The minimum absolute atomic E-state index is 0.0266. The molecule has 4 rings (SSSR count). The summed E-state index contributed by atoms with van der Waals surface area (Å²) in [4.78, 5) is 32.7. The van der Waals surface area contributed by atoms with Gasteiger partial charge in [-0.15, -0.1) is 0 Å². The standard InChI is InChI=1S/C24H24ClF2N5O4/c1-12-8-17(13(2)28-21(12)36-23(26)27)30-20-22(33)32(11-19(25)31-20)18(15-6-7-15)10-14-4-3-5-16(9-14)29-24(34)35/h3-5,8-9,11,15,18,23,29H,6-7,10H2,1-2H3,(H,30,31)(H,34,35). The second-order valence-corrected chi connectivity index (χ2v) is 9.00. The van der Waals surface area contributed by atoms with Gasteiger partial charge in [0.2, 0.25) is 5.88 Å². The number of ether oxygens (including phenoxy) is 1. The first-order valence-electron chi connectivity index (χ1n) is 11.2. The molecule has 0 saturated heterocycles. The van der Waals surface area contributed by atoms with Crippen LogP contribution in [0.4, 0.5) is 30.8 Å². The molecule has 0 radical (unpaired) electrons. The summed E-state index contributed by atoms with van der Waals surface area (Å²) in [7, 11) is 0. The van der Waals surface area contributed by atoms with Crippen LogP contribution in [0.2, 0.25) is 5.15 Å². The van der Waals surface area contributed by atoms with Gasteiger partial charge in [-0.05, 0) is 62.8 Å². The number of rotatable bonds is 9. The minimum atomic E-state index is -3.00. The number of nitrogens with one attached hydrogen (secondary N) is 2. The monoisotopic (exact) mass is 519 g/mol. The Morgan fingerprint density at radius 3 is 2.69 bits per heavy atom. The minimum Gasteiger partial charge on any atom is -0.465 e. The third-order valence-electron chi connectivity index (χ3n) is 5.86. The molecule has 1 aliphatic carbocycles. The Hall–Kier alpha value is -3.73. The van der Waals surface area contributed by atoms with Crippen molar-refractivity contribution in [1.29, 1.82) is 0 Å². The molecular weight excluding hydrogens is 496 g/mol. The van der Waals surface area contributed by atoms with Gasteiger partial charge in [0.15, 0.2) is 5.82 Å². The van der Waals surface area contributed by atoms with Crippen molar-refractivity contribution in [3.8, 4) is 5.88 Å². The fourth-order valence-electron chi connectivity index (χ4n) is 4.06. The van der Waals surface area contributed by atoms with Gasteiger partial charge < -0.3 is 19.7 Å². The number of amides is 1. The Balaban J connectivity index is 1.65. The molecule has 3 N–H and O–H groups in total. The highest BCUT2D eigenvalue weighted by molar-refractivity contribution is 6.29. The van der Waals surface area contributed by atoms with Crippen molar-refractivity contribution in [2.75, 3.05) is 10.6 Å². The van der Waals surface area contributed by atoms with Crippen molar-refractivity contribution in [2.24, 2.45) is 5.92 Å². The maximum absolute atomic E-state index is 13.5. The number of alkyl halides is 2. The third-order valence-corrected chi connectivity index (χ3v) is 6.04. The van der Waals surface area contributed by atoms with Gasteiger partial charge in [0.25, 0.3) is 5.56 Å². The van der Waals surface area contributed by atoms with Crippen LogP contribution in [0.25, 0.3) is 0 Å². The van der Waals surface area contributed by atoms with E-state index in [1.54, 1.807) is 42.7 Å². The molecule has 9 nitrogen and oxygen atoms in total. The van der Waals surface area contributed by atoms with Gasteiger partial charge in [-0.2, -0.15) is 8.78 Å². The second-order valence-electron chi connectivity index (χ2n) is 8.61. The lowest BCUT2D eigenvalue weighted by molar-refractivity contribution is -0.0533. The van der Waals surface area contributed by atoms with Crippen LogP contribution in [0, 0.1) is 19.8 Å². The average molecular weight is 520 g/mol. The third kappa shape index (κ3) is 6.09. The fourth-order valence-corrected chi connectivity index (χ4v) is 4.25. The lowest BCUT2D eigenvalue weighted by Gasteiger charge is -2.21.